The number of carbonyl (C=O) groups is 5. The van der Waals surface area contributed by atoms with Crippen LogP contribution in [-0.4, -0.2) is 105 Å². The van der Waals surface area contributed by atoms with Crippen LogP contribution in [0, 0.1) is 47.3 Å². The van der Waals surface area contributed by atoms with Crippen molar-refractivity contribution in [3.63, 3.8) is 0 Å². The van der Waals surface area contributed by atoms with Gasteiger partial charge in [-0.2, -0.15) is 0 Å². The van der Waals surface area contributed by atoms with Crippen molar-refractivity contribution in [2.24, 2.45) is 47.3 Å². The summed E-state index contributed by atoms with van der Waals surface area (Å²) in [6, 6.07) is -1.10. The highest BCUT2D eigenvalue weighted by molar-refractivity contribution is 6.39. The highest BCUT2D eigenvalue weighted by Gasteiger charge is 2.53. The molecule has 1 unspecified atom stereocenters. The van der Waals surface area contributed by atoms with E-state index in [9.17, 15) is 39.3 Å². The van der Waals surface area contributed by atoms with Crippen molar-refractivity contribution in [2.75, 3.05) is 13.7 Å². The Morgan fingerprint density at radius 3 is 2.27 bits per heavy atom. The first kappa shape index (κ1) is 52.3. The number of carbonyl (C=O) groups excluding carboxylic acids is 5. The summed E-state index contributed by atoms with van der Waals surface area (Å²) >= 11 is 0. The maximum atomic E-state index is 14.3. The predicted octanol–water partition coefficient (Wildman–Crippen LogP) is 7.42. The normalized spacial score (nSPS) is 40.0. The summed E-state index contributed by atoms with van der Waals surface area (Å²) < 4.78 is 18.3. The molecule has 12 heteroatoms. The lowest BCUT2D eigenvalue weighted by molar-refractivity contribution is -0.265. The van der Waals surface area contributed by atoms with Crippen LogP contribution in [0.2, 0.25) is 0 Å². The third kappa shape index (κ3) is 13.9. The molecule has 4 rings (SSSR count). The van der Waals surface area contributed by atoms with Gasteiger partial charge in [-0.25, -0.2) is 4.79 Å². The van der Waals surface area contributed by atoms with E-state index in [1.165, 1.54) is 4.90 Å². The van der Waals surface area contributed by atoms with Crippen molar-refractivity contribution in [3.8, 4) is 0 Å². The summed E-state index contributed by atoms with van der Waals surface area (Å²) in [6.45, 7) is 16.8. The van der Waals surface area contributed by atoms with Gasteiger partial charge in [0.2, 0.25) is 5.79 Å². The molecular formula is C51H79NO11. The Morgan fingerprint density at radius 2 is 1.59 bits per heavy atom. The molecular weight excluding hydrogens is 803 g/mol. The summed E-state index contributed by atoms with van der Waals surface area (Å²) in [5.74, 6) is -7.70. The van der Waals surface area contributed by atoms with E-state index >= 15 is 0 Å². The zero-order valence-corrected chi connectivity index (χ0v) is 39.8. The van der Waals surface area contributed by atoms with Gasteiger partial charge in [0.15, 0.2) is 0 Å². The van der Waals surface area contributed by atoms with Crippen molar-refractivity contribution >= 4 is 29.2 Å². The first-order valence-electron chi connectivity index (χ1n) is 23.8. The second-order valence-corrected chi connectivity index (χ2v) is 19.9. The largest absolute Gasteiger partial charge is 0.460 e. The lowest BCUT2D eigenvalue weighted by atomic mass is 9.75. The second kappa shape index (κ2) is 23.8. The van der Waals surface area contributed by atoms with Crippen molar-refractivity contribution in [1.29, 1.82) is 0 Å². The van der Waals surface area contributed by atoms with Crippen molar-refractivity contribution in [3.05, 3.63) is 47.6 Å². The van der Waals surface area contributed by atoms with E-state index in [0.717, 1.165) is 18.4 Å². The molecule has 63 heavy (non-hydrogen) atoms. The molecule has 12 nitrogen and oxygen atoms in total. The Labute approximate surface area is 376 Å². The Kier molecular flexibility index (Phi) is 19.7. The van der Waals surface area contributed by atoms with Gasteiger partial charge in [-0.05, 0) is 113 Å². The minimum absolute atomic E-state index is 0.0599. The van der Waals surface area contributed by atoms with Gasteiger partial charge < -0.3 is 34.4 Å². The molecule has 0 aromatic rings. The maximum Gasteiger partial charge on any atom is 0.329 e. The Bertz CT molecular complexity index is 1720. The third-order valence-corrected chi connectivity index (χ3v) is 14.6. The molecule has 15 atom stereocenters. The van der Waals surface area contributed by atoms with Crippen LogP contribution >= 0.6 is 0 Å². The minimum atomic E-state index is -2.41. The fourth-order valence-electron chi connectivity index (χ4n) is 10.2. The Hall–Kier alpha value is -3.29. The molecule has 0 spiro atoms. The molecule has 3 N–H and O–H groups in total. The molecule has 1 saturated carbocycles. The molecule has 2 bridgehead atoms. The van der Waals surface area contributed by atoms with Crippen molar-refractivity contribution < 1.29 is 53.5 Å². The van der Waals surface area contributed by atoms with E-state index in [-0.39, 0.29) is 66.6 Å². The number of hydrogen-bond donors (Lipinski definition) is 3. The van der Waals surface area contributed by atoms with E-state index in [1.54, 1.807) is 40.9 Å². The molecule has 0 aromatic carbocycles. The number of fused-ring (bicyclic) bond motifs is 3. The smallest absolute Gasteiger partial charge is 0.329 e. The minimum Gasteiger partial charge on any atom is -0.460 e. The van der Waals surface area contributed by atoms with Crippen LogP contribution in [0.3, 0.4) is 0 Å². The van der Waals surface area contributed by atoms with Gasteiger partial charge in [0.25, 0.3) is 11.7 Å². The van der Waals surface area contributed by atoms with E-state index < -0.39 is 71.7 Å². The maximum absolute atomic E-state index is 14.3. The lowest BCUT2D eigenvalue weighted by Gasteiger charge is -2.42. The number of rotatable bonds is 4. The van der Waals surface area contributed by atoms with Crippen LogP contribution in [0.25, 0.3) is 0 Å². The fourth-order valence-corrected chi connectivity index (χ4v) is 10.2. The number of aliphatic hydroxyl groups is 3. The summed E-state index contributed by atoms with van der Waals surface area (Å²) in [7, 11) is 1.59. The second-order valence-electron chi connectivity index (χ2n) is 19.9. The molecule has 0 radical (unpaired) electrons. The lowest BCUT2D eigenvalue weighted by Crippen LogP contribution is -2.61. The quantitative estimate of drug-likeness (QED) is 0.146. The fraction of sp³-hybridized carbons (Fsp3) is 0.745. The number of ether oxygens (including phenoxy) is 3. The predicted molar refractivity (Wildman–Crippen MR) is 242 cm³/mol. The molecule has 4 aliphatic rings. The van der Waals surface area contributed by atoms with Crippen LogP contribution in [0.15, 0.2) is 47.6 Å². The number of nitrogens with zero attached hydrogens (tertiary/aromatic N) is 1. The molecule has 3 aliphatic heterocycles. The van der Waals surface area contributed by atoms with Gasteiger partial charge in [0.05, 0.1) is 24.4 Å². The molecule has 354 valence electrons. The van der Waals surface area contributed by atoms with Crippen LogP contribution in [0.1, 0.15) is 139 Å². The summed E-state index contributed by atoms with van der Waals surface area (Å²) in [6.07, 6.45) is 14.2. The van der Waals surface area contributed by atoms with Crippen LogP contribution in [-0.2, 0) is 38.2 Å². The zero-order valence-electron chi connectivity index (χ0n) is 39.8. The first-order valence-corrected chi connectivity index (χ1v) is 23.8. The average molecular weight is 882 g/mol. The monoisotopic (exact) mass is 882 g/mol. The number of aliphatic hydroxyl groups excluding tert-OH is 2. The van der Waals surface area contributed by atoms with Gasteiger partial charge in [-0.3, -0.25) is 19.2 Å². The van der Waals surface area contributed by atoms with Gasteiger partial charge in [0.1, 0.15) is 23.7 Å². The topological polar surface area (TPSA) is 177 Å². The van der Waals surface area contributed by atoms with Gasteiger partial charge in [-0.15, -0.1) is 0 Å². The number of ketones is 3. The van der Waals surface area contributed by atoms with Gasteiger partial charge in [-0.1, -0.05) is 84.9 Å². The van der Waals surface area contributed by atoms with Gasteiger partial charge >= 0.3 is 5.97 Å². The van der Waals surface area contributed by atoms with E-state index in [1.807, 2.05) is 65.0 Å². The van der Waals surface area contributed by atoms with Crippen LogP contribution < -0.4 is 0 Å². The molecule has 0 aromatic heterocycles. The van der Waals surface area contributed by atoms with Crippen LogP contribution in [0.5, 0.6) is 0 Å². The third-order valence-electron chi connectivity index (χ3n) is 14.6. The number of piperidine rings is 1. The number of Topliss-reactive ketones (excluding diaryl/α,β-unsaturated/α-hetero) is 3. The molecule has 3 fully saturated rings. The van der Waals surface area contributed by atoms with E-state index in [4.69, 9.17) is 14.2 Å². The molecule has 1 aliphatic carbocycles. The summed E-state index contributed by atoms with van der Waals surface area (Å²) in [5, 5.41) is 33.7. The Morgan fingerprint density at radius 1 is 0.873 bits per heavy atom. The summed E-state index contributed by atoms with van der Waals surface area (Å²) in [4.78, 5) is 71.5. The highest BCUT2D eigenvalue weighted by Crippen LogP contribution is 2.38. The standard InChI is InChI=1S/C51H79NO11/c1-30-16-12-11-13-17-31(2)44(61-10)28-40-21-19-37(8)51(60,63-40)48(57)49(58)52-23-15-14-18-41(52)50(59)62-45(34(5)27-39-20-22-42(53)33(4)26-39)29-43(54)32(3)25-36(7)47(56)38(9)46(55)35(6)24-30/h11-13,16-17,25,30,32-35,37-42,44-45,47,53,56,60H,14-15,18-24,26-29H2,1-10H3/b13-11?,16-12+,31-17?,36-25+/t30-,32-,33-,34-,35-,37-,38+,39-,40+,41?,42-,44+,45+,47-,51-/m1/s1. The number of hydrogen-bond acceptors (Lipinski definition) is 11. The van der Waals surface area contributed by atoms with Crippen molar-refractivity contribution in [2.45, 2.75) is 182 Å². The molecule has 1 amide bonds. The van der Waals surface area contributed by atoms with E-state index in [2.05, 4.69) is 0 Å². The van der Waals surface area contributed by atoms with Gasteiger partial charge in [0, 0.05) is 50.2 Å². The highest BCUT2D eigenvalue weighted by atomic mass is 16.6. The average Bonchev–Trinajstić information content (AvgIpc) is 3.25. The number of methoxy groups -OCH3 is 1. The number of cyclic esters (lactones) is 1. The zero-order chi connectivity index (χ0) is 46.8. The van der Waals surface area contributed by atoms with Crippen LogP contribution in [0.4, 0.5) is 0 Å². The number of allylic oxidation sites excluding steroid dienone is 6. The van der Waals surface area contributed by atoms with E-state index in [0.29, 0.717) is 56.9 Å². The first-order chi connectivity index (χ1) is 29.7. The van der Waals surface area contributed by atoms with Crippen molar-refractivity contribution in [1.82, 2.24) is 4.90 Å². The molecule has 3 heterocycles. The Balaban J connectivity index is 1.68. The number of amides is 1. The number of esters is 1. The molecule has 2 saturated heterocycles. The SMILES string of the molecule is CO[C@H]1C[C@@H]2CC[C@@H](C)[C@@](O)(O2)C(=O)C(=O)N2CCCCC2C(=O)O[C@H]([C@H](C)C[C@@H]2CC[C@@H](O)[C@H](C)C2)CC(=O)[C@H](C)/C=C(\C)[C@@H](O)[C@@H](C)C(=O)[C@H](C)C[C@H](C)/C=C/C=CC=C1C. The summed E-state index contributed by atoms with van der Waals surface area (Å²) in [5.41, 5.74) is 1.40.